The van der Waals surface area contributed by atoms with Gasteiger partial charge in [0.15, 0.2) is 6.10 Å². The predicted octanol–water partition coefficient (Wildman–Crippen LogP) is 11.5. The van der Waals surface area contributed by atoms with Crippen LogP contribution in [0.4, 0.5) is 0 Å². The number of nitrogens with zero attached hydrogens (tertiary/aromatic N) is 1. The predicted molar refractivity (Wildman–Crippen MR) is 282 cm³/mol. The van der Waals surface area contributed by atoms with Crippen molar-refractivity contribution in [2.24, 2.45) is 5.92 Å². The van der Waals surface area contributed by atoms with Gasteiger partial charge in [-0.05, 0) is 62.5 Å². The quantitative estimate of drug-likeness (QED) is 0.0338. The smallest absolute Gasteiger partial charge is 0.306 e. The summed E-state index contributed by atoms with van der Waals surface area (Å²) < 4.78 is 38.4. The highest BCUT2D eigenvalue weighted by Crippen LogP contribution is 2.18. The van der Waals surface area contributed by atoms with Gasteiger partial charge in [0.2, 0.25) is 0 Å². The highest BCUT2D eigenvalue weighted by Gasteiger charge is 2.22. The molecule has 0 N–H and O–H groups in total. The lowest BCUT2D eigenvalue weighted by Gasteiger charge is -2.18. The van der Waals surface area contributed by atoms with Crippen LogP contribution >= 0.6 is 0 Å². The van der Waals surface area contributed by atoms with Crippen LogP contribution in [0.2, 0.25) is 0 Å². The molecule has 422 valence electrons. The Hall–Kier alpha value is -4.86. The second kappa shape index (κ2) is 44.4. The summed E-state index contributed by atoms with van der Waals surface area (Å²) in [5, 5.41) is 0. The van der Waals surface area contributed by atoms with Gasteiger partial charge >= 0.3 is 41.8 Å². The molecular formula is C58H95NO15. The largest absolute Gasteiger partial charge is 0.465 e. The molecule has 0 aromatic heterocycles. The molecule has 74 heavy (non-hydrogen) atoms. The highest BCUT2D eigenvalue weighted by atomic mass is 16.6. The van der Waals surface area contributed by atoms with Crippen LogP contribution in [-0.2, 0) is 91.3 Å². The molecule has 0 saturated carbocycles. The van der Waals surface area contributed by atoms with E-state index in [1.807, 2.05) is 31.1 Å². The van der Waals surface area contributed by atoms with Gasteiger partial charge in [-0.2, -0.15) is 0 Å². The van der Waals surface area contributed by atoms with E-state index in [4.69, 9.17) is 33.2 Å². The van der Waals surface area contributed by atoms with E-state index in [2.05, 4.69) is 27.7 Å². The number of esters is 7. The zero-order valence-electron chi connectivity index (χ0n) is 46.4. The minimum Gasteiger partial charge on any atom is -0.465 e. The maximum Gasteiger partial charge on any atom is 0.306 e. The van der Waals surface area contributed by atoms with Gasteiger partial charge in [0.25, 0.3) is 0 Å². The fourth-order valence-corrected chi connectivity index (χ4v) is 7.90. The third-order valence-electron chi connectivity index (χ3n) is 12.1. The van der Waals surface area contributed by atoms with Crippen molar-refractivity contribution >= 4 is 47.6 Å². The standard InChI is InChI=1S/C58H95NO15/c1-7-11-15-19-23-27-52(61)70-42-49(43-71-53(62)28-24-20-16-12-8-2)38-50(60)31-32-56(65)68-40-47-35-46(39-59(5)6)36-48(37-47)41-69-57(66)33-34-58(67)74-51(44-72-54(63)29-25-21-17-13-9-3)45-73-55(64)30-26-22-18-14-10-4/h35-37,49,51H,7-34,38-45H2,1-6H3. The number of carbonyl (C=O) groups excluding carboxylic acids is 8. The summed E-state index contributed by atoms with van der Waals surface area (Å²) in [6.07, 6.45) is 18.5. The highest BCUT2D eigenvalue weighted by molar-refractivity contribution is 5.83. The van der Waals surface area contributed by atoms with Gasteiger partial charge in [-0.25, -0.2) is 0 Å². The Morgan fingerprint density at radius 2 is 0.703 bits per heavy atom. The summed E-state index contributed by atoms with van der Waals surface area (Å²) >= 11 is 0. The van der Waals surface area contributed by atoms with Crippen molar-refractivity contribution in [3.8, 4) is 0 Å². The second-order valence-corrected chi connectivity index (χ2v) is 19.8. The molecule has 16 nitrogen and oxygen atoms in total. The van der Waals surface area contributed by atoms with Crippen molar-refractivity contribution in [3.63, 3.8) is 0 Å². The van der Waals surface area contributed by atoms with Crippen molar-refractivity contribution in [2.75, 3.05) is 40.5 Å². The van der Waals surface area contributed by atoms with Crippen molar-refractivity contribution in [3.05, 3.63) is 34.9 Å². The number of Topliss-reactive ketones (excluding diaryl/α,β-unsaturated/α-hetero) is 1. The third-order valence-corrected chi connectivity index (χ3v) is 12.1. The number of unbranched alkanes of at least 4 members (excludes halogenated alkanes) is 16. The fourth-order valence-electron chi connectivity index (χ4n) is 7.90. The van der Waals surface area contributed by atoms with E-state index in [0.29, 0.717) is 30.5 Å². The van der Waals surface area contributed by atoms with Crippen molar-refractivity contribution in [1.29, 1.82) is 0 Å². The number of carbonyl (C=O) groups is 8. The van der Waals surface area contributed by atoms with Gasteiger partial charge in [-0.1, -0.05) is 143 Å². The van der Waals surface area contributed by atoms with Crippen LogP contribution < -0.4 is 0 Å². The zero-order chi connectivity index (χ0) is 54.6. The first-order chi connectivity index (χ1) is 35.7. The Balaban J connectivity index is 2.80. The summed E-state index contributed by atoms with van der Waals surface area (Å²) in [5.74, 6) is -4.37. The first kappa shape index (κ1) is 67.2. The monoisotopic (exact) mass is 1050 g/mol. The number of ether oxygens (including phenoxy) is 7. The summed E-state index contributed by atoms with van der Waals surface area (Å²) in [6.45, 7) is 8.07. The lowest BCUT2D eigenvalue weighted by molar-refractivity contribution is -0.167. The first-order valence-electron chi connectivity index (χ1n) is 28.1. The van der Waals surface area contributed by atoms with E-state index >= 15 is 0 Å². The Labute approximate surface area is 443 Å². The molecule has 0 aliphatic carbocycles. The van der Waals surface area contributed by atoms with Gasteiger partial charge in [0, 0.05) is 51.0 Å². The molecule has 0 bridgehead atoms. The van der Waals surface area contributed by atoms with Crippen LogP contribution in [0.1, 0.15) is 231 Å². The van der Waals surface area contributed by atoms with E-state index in [-0.39, 0.29) is 115 Å². The van der Waals surface area contributed by atoms with Crippen molar-refractivity contribution in [1.82, 2.24) is 4.90 Å². The summed E-state index contributed by atoms with van der Waals surface area (Å²) in [5.41, 5.74) is 2.13. The number of hydrogen-bond donors (Lipinski definition) is 0. The van der Waals surface area contributed by atoms with Crippen LogP contribution in [0.25, 0.3) is 0 Å². The average Bonchev–Trinajstić information content (AvgIpc) is 3.37. The molecule has 0 saturated heterocycles. The molecule has 0 radical (unpaired) electrons. The van der Waals surface area contributed by atoms with Crippen LogP contribution in [-0.4, -0.2) is 99.1 Å². The number of benzene rings is 1. The van der Waals surface area contributed by atoms with Crippen molar-refractivity contribution in [2.45, 2.75) is 240 Å². The van der Waals surface area contributed by atoms with Crippen LogP contribution in [0.3, 0.4) is 0 Å². The summed E-state index contributed by atoms with van der Waals surface area (Å²) in [6, 6.07) is 5.48. The molecule has 0 atom stereocenters. The third kappa shape index (κ3) is 38.7. The van der Waals surface area contributed by atoms with E-state index < -0.39 is 41.9 Å². The molecule has 16 heteroatoms. The van der Waals surface area contributed by atoms with E-state index in [1.165, 1.54) is 0 Å². The van der Waals surface area contributed by atoms with Gasteiger partial charge in [-0.3, -0.25) is 38.4 Å². The second-order valence-electron chi connectivity index (χ2n) is 19.8. The van der Waals surface area contributed by atoms with Gasteiger partial charge in [0.1, 0.15) is 32.2 Å². The van der Waals surface area contributed by atoms with Crippen LogP contribution in [0.15, 0.2) is 18.2 Å². The lowest BCUT2D eigenvalue weighted by Crippen LogP contribution is -2.31. The Bertz CT molecular complexity index is 1570. The van der Waals surface area contributed by atoms with Gasteiger partial charge in [-0.15, -0.1) is 0 Å². The Morgan fingerprint density at radius 3 is 1.08 bits per heavy atom. The first-order valence-corrected chi connectivity index (χ1v) is 28.1. The maximum atomic E-state index is 13.1. The van der Waals surface area contributed by atoms with Crippen molar-refractivity contribution < 1.29 is 71.5 Å². The molecule has 1 aromatic carbocycles. The number of ketones is 1. The zero-order valence-corrected chi connectivity index (χ0v) is 46.4. The molecule has 0 heterocycles. The molecule has 0 aliphatic rings. The Morgan fingerprint density at radius 1 is 0.378 bits per heavy atom. The van der Waals surface area contributed by atoms with E-state index in [0.717, 1.165) is 121 Å². The lowest BCUT2D eigenvalue weighted by atomic mass is 10.0. The number of rotatable bonds is 47. The minimum absolute atomic E-state index is 0.0375. The normalized spacial score (nSPS) is 11.1. The number of hydrogen-bond acceptors (Lipinski definition) is 16. The SMILES string of the molecule is CCCCCCCC(=O)OCC(COC(=O)CCCCCCC)CC(=O)CCC(=O)OCc1cc(COC(=O)CCC(=O)OC(COC(=O)CCCCCCC)COC(=O)CCCCCCC)cc(CN(C)C)c1. The summed E-state index contributed by atoms with van der Waals surface area (Å²) in [7, 11) is 3.80. The molecular weight excluding hydrogens is 951 g/mol. The summed E-state index contributed by atoms with van der Waals surface area (Å²) in [4.78, 5) is 104. The fraction of sp³-hybridized carbons (Fsp3) is 0.759. The van der Waals surface area contributed by atoms with Crippen LogP contribution in [0.5, 0.6) is 0 Å². The van der Waals surface area contributed by atoms with Gasteiger partial charge < -0.3 is 38.1 Å². The molecule has 1 aromatic rings. The Kier molecular flexibility index (Phi) is 40.3. The molecule has 1 rings (SSSR count). The topological polar surface area (TPSA) is 204 Å². The molecule has 0 aliphatic heterocycles. The molecule has 0 spiro atoms. The average molecular weight is 1050 g/mol. The minimum atomic E-state index is -1.04. The van der Waals surface area contributed by atoms with E-state index in [9.17, 15) is 38.4 Å². The van der Waals surface area contributed by atoms with Crippen LogP contribution in [0, 0.1) is 5.92 Å². The molecule has 0 amide bonds. The van der Waals surface area contributed by atoms with Gasteiger partial charge in [0.05, 0.1) is 32.5 Å². The molecule has 0 fully saturated rings. The molecule has 0 unspecified atom stereocenters. The van der Waals surface area contributed by atoms with E-state index in [1.54, 1.807) is 6.07 Å². The maximum absolute atomic E-state index is 13.1.